The summed E-state index contributed by atoms with van der Waals surface area (Å²) in [4.78, 5) is 13.8. The zero-order chi connectivity index (χ0) is 13.8. The van der Waals surface area contributed by atoms with E-state index in [9.17, 15) is 9.90 Å². The normalized spacial score (nSPS) is 23.4. The minimum atomic E-state index is 0.0864. The summed E-state index contributed by atoms with van der Waals surface area (Å²) in [6.07, 6.45) is 0.738. The number of Topliss-reactive ketones (excluding diaryl/α,β-unsaturated/α-hetero) is 1. The Labute approximate surface area is 114 Å². The van der Waals surface area contributed by atoms with Gasteiger partial charge in [-0.1, -0.05) is 12.1 Å². The first-order valence-corrected chi connectivity index (χ1v) is 6.84. The number of aliphatic hydroxyl groups excluding tert-OH is 1. The van der Waals surface area contributed by atoms with Crippen LogP contribution in [0, 0.1) is 0 Å². The SMILES string of the molecule is CC(=O)c1cccc(N2C(C)CNCC2CCO)c1. The van der Waals surface area contributed by atoms with Crippen LogP contribution in [0.25, 0.3) is 0 Å². The van der Waals surface area contributed by atoms with Gasteiger partial charge in [0.05, 0.1) is 0 Å². The van der Waals surface area contributed by atoms with Crippen LogP contribution in [-0.4, -0.2) is 42.7 Å². The number of hydrogen-bond acceptors (Lipinski definition) is 4. The summed E-state index contributed by atoms with van der Waals surface area (Å²) in [5, 5.41) is 12.6. The van der Waals surface area contributed by atoms with Gasteiger partial charge in [-0.3, -0.25) is 4.79 Å². The van der Waals surface area contributed by atoms with Crippen LogP contribution in [0.1, 0.15) is 30.6 Å². The zero-order valence-electron chi connectivity index (χ0n) is 11.6. The van der Waals surface area contributed by atoms with Crippen LogP contribution < -0.4 is 10.2 Å². The van der Waals surface area contributed by atoms with E-state index in [1.165, 1.54) is 0 Å². The molecule has 19 heavy (non-hydrogen) atoms. The molecule has 1 aromatic carbocycles. The fraction of sp³-hybridized carbons (Fsp3) is 0.533. The topological polar surface area (TPSA) is 52.6 Å². The van der Waals surface area contributed by atoms with Crippen LogP contribution in [0.2, 0.25) is 0 Å². The van der Waals surface area contributed by atoms with Crippen molar-refractivity contribution in [1.82, 2.24) is 5.32 Å². The first kappa shape index (κ1) is 14.0. The van der Waals surface area contributed by atoms with E-state index in [2.05, 4.69) is 17.1 Å². The number of benzene rings is 1. The van der Waals surface area contributed by atoms with Gasteiger partial charge in [0.2, 0.25) is 0 Å². The summed E-state index contributed by atoms with van der Waals surface area (Å²) in [5.41, 5.74) is 1.81. The van der Waals surface area contributed by atoms with Crippen LogP contribution in [0.4, 0.5) is 5.69 Å². The number of carbonyl (C=O) groups excluding carboxylic acids is 1. The average molecular weight is 262 g/mol. The molecule has 2 N–H and O–H groups in total. The number of piperazine rings is 1. The van der Waals surface area contributed by atoms with Crippen molar-refractivity contribution in [3.63, 3.8) is 0 Å². The van der Waals surface area contributed by atoms with Crippen molar-refractivity contribution >= 4 is 11.5 Å². The third kappa shape index (κ3) is 3.14. The lowest BCUT2D eigenvalue weighted by Crippen LogP contribution is -2.56. The molecule has 4 nitrogen and oxygen atoms in total. The molecule has 4 heteroatoms. The van der Waals surface area contributed by atoms with Crippen molar-refractivity contribution in [2.75, 3.05) is 24.6 Å². The molecule has 1 aliphatic heterocycles. The maximum atomic E-state index is 11.5. The quantitative estimate of drug-likeness (QED) is 0.806. The molecule has 0 radical (unpaired) electrons. The molecule has 0 aliphatic carbocycles. The molecule has 1 aliphatic rings. The summed E-state index contributed by atoms with van der Waals surface area (Å²) in [6.45, 7) is 5.73. The van der Waals surface area contributed by atoms with Gasteiger partial charge in [0, 0.05) is 43.0 Å². The van der Waals surface area contributed by atoms with E-state index in [1.54, 1.807) is 6.92 Å². The van der Waals surface area contributed by atoms with Crippen LogP contribution in [0.5, 0.6) is 0 Å². The molecule has 2 atom stereocenters. The van der Waals surface area contributed by atoms with Crippen molar-refractivity contribution in [1.29, 1.82) is 0 Å². The number of carbonyl (C=O) groups is 1. The predicted octanol–water partition coefficient (Wildman–Crippen LogP) is 1.44. The van der Waals surface area contributed by atoms with Gasteiger partial charge in [0.1, 0.15) is 0 Å². The average Bonchev–Trinajstić information content (AvgIpc) is 2.39. The molecule has 1 saturated heterocycles. The molecule has 1 aromatic rings. The molecule has 104 valence electrons. The van der Waals surface area contributed by atoms with Crippen molar-refractivity contribution in [3.05, 3.63) is 29.8 Å². The summed E-state index contributed by atoms with van der Waals surface area (Å²) >= 11 is 0. The summed E-state index contributed by atoms with van der Waals surface area (Å²) in [5.74, 6) is 0.0864. The number of nitrogens with one attached hydrogen (secondary N) is 1. The molecule has 1 heterocycles. The second-order valence-corrected chi connectivity index (χ2v) is 5.19. The fourth-order valence-corrected chi connectivity index (χ4v) is 2.76. The number of rotatable bonds is 4. The Balaban J connectivity index is 2.29. The highest BCUT2D eigenvalue weighted by molar-refractivity contribution is 5.95. The lowest BCUT2D eigenvalue weighted by Gasteiger charge is -2.43. The van der Waals surface area contributed by atoms with Crippen molar-refractivity contribution in [3.8, 4) is 0 Å². The maximum absolute atomic E-state index is 11.5. The Morgan fingerprint density at radius 2 is 2.26 bits per heavy atom. The molecule has 0 aromatic heterocycles. The van der Waals surface area contributed by atoms with Crippen LogP contribution in [0.3, 0.4) is 0 Å². The first-order valence-electron chi connectivity index (χ1n) is 6.84. The number of ketones is 1. The molecule has 1 fully saturated rings. The van der Waals surface area contributed by atoms with Crippen LogP contribution >= 0.6 is 0 Å². The summed E-state index contributed by atoms with van der Waals surface area (Å²) < 4.78 is 0. The lowest BCUT2D eigenvalue weighted by atomic mass is 10.0. The maximum Gasteiger partial charge on any atom is 0.159 e. The number of anilines is 1. The standard InChI is InChI=1S/C15H22N2O2/c1-11-9-16-10-15(6-7-18)17(11)14-5-3-4-13(8-14)12(2)19/h3-5,8,11,15-16,18H,6-7,9-10H2,1-2H3. The van der Waals surface area contributed by atoms with Crippen molar-refractivity contribution in [2.24, 2.45) is 0 Å². The summed E-state index contributed by atoms with van der Waals surface area (Å²) in [6, 6.07) is 8.40. The smallest absolute Gasteiger partial charge is 0.159 e. The minimum Gasteiger partial charge on any atom is -0.396 e. The highest BCUT2D eigenvalue weighted by Crippen LogP contribution is 2.24. The van der Waals surface area contributed by atoms with E-state index in [0.717, 1.165) is 30.8 Å². The second kappa shape index (κ2) is 6.17. The second-order valence-electron chi connectivity index (χ2n) is 5.19. The lowest BCUT2D eigenvalue weighted by molar-refractivity contribution is 0.101. The molecule has 2 rings (SSSR count). The van der Waals surface area contributed by atoms with Crippen molar-refractivity contribution in [2.45, 2.75) is 32.4 Å². The predicted molar refractivity (Wildman–Crippen MR) is 76.7 cm³/mol. The molecular weight excluding hydrogens is 240 g/mol. The molecular formula is C15H22N2O2. The highest BCUT2D eigenvalue weighted by Gasteiger charge is 2.27. The molecule has 0 saturated carbocycles. The van der Waals surface area contributed by atoms with Crippen LogP contribution in [-0.2, 0) is 0 Å². The van der Waals surface area contributed by atoms with Gasteiger partial charge >= 0.3 is 0 Å². The number of nitrogens with zero attached hydrogens (tertiary/aromatic N) is 1. The van der Waals surface area contributed by atoms with Gasteiger partial charge in [-0.05, 0) is 32.4 Å². The Bertz CT molecular complexity index is 446. The van der Waals surface area contributed by atoms with Gasteiger partial charge in [-0.15, -0.1) is 0 Å². The zero-order valence-corrected chi connectivity index (χ0v) is 11.6. The Kier molecular flexibility index (Phi) is 4.56. The van der Waals surface area contributed by atoms with Gasteiger partial charge < -0.3 is 15.3 Å². The van der Waals surface area contributed by atoms with E-state index in [4.69, 9.17) is 0 Å². The molecule has 2 unspecified atom stereocenters. The van der Waals surface area contributed by atoms with Gasteiger partial charge in [-0.25, -0.2) is 0 Å². The first-order chi connectivity index (χ1) is 9.13. The minimum absolute atomic E-state index is 0.0864. The van der Waals surface area contributed by atoms with Gasteiger partial charge in [0.25, 0.3) is 0 Å². The monoisotopic (exact) mass is 262 g/mol. The third-order valence-corrected chi connectivity index (χ3v) is 3.70. The molecule has 0 bridgehead atoms. The highest BCUT2D eigenvalue weighted by atomic mass is 16.3. The third-order valence-electron chi connectivity index (χ3n) is 3.70. The Hall–Kier alpha value is -1.39. The van der Waals surface area contributed by atoms with E-state index >= 15 is 0 Å². The molecule has 0 spiro atoms. The van der Waals surface area contributed by atoms with Gasteiger partial charge in [-0.2, -0.15) is 0 Å². The summed E-state index contributed by atoms with van der Waals surface area (Å²) in [7, 11) is 0. The van der Waals surface area contributed by atoms with E-state index in [0.29, 0.717) is 6.04 Å². The van der Waals surface area contributed by atoms with E-state index < -0.39 is 0 Å². The van der Waals surface area contributed by atoms with E-state index in [1.807, 2.05) is 24.3 Å². The number of aliphatic hydroxyl groups is 1. The van der Waals surface area contributed by atoms with Crippen LogP contribution in [0.15, 0.2) is 24.3 Å². The Morgan fingerprint density at radius 1 is 1.47 bits per heavy atom. The number of hydrogen-bond donors (Lipinski definition) is 2. The fourth-order valence-electron chi connectivity index (χ4n) is 2.76. The van der Waals surface area contributed by atoms with Crippen molar-refractivity contribution < 1.29 is 9.90 Å². The van der Waals surface area contributed by atoms with Gasteiger partial charge in [0.15, 0.2) is 5.78 Å². The molecule has 0 amide bonds. The van der Waals surface area contributed by atoms with E-state index in [-0.39, 0.29) is 18.4 Å². The Morgan fingerprint density at radius 3 is 2.95 bits per heavy atom. The largest absolute Gasteiger partial charge is 0.396 e.